The van der Waals surface area contributed by atoms with Crippen LogP contribution in [0.2, 0.25) is 0 Å². The van der Waals surface area contributed by atoms with Crippen molar-refractivity contribution >= 4 is 22.6 Å². The zero-order chi connectivity index (χ0) is 19.5. The lowest BCUT2D eigenvalue weighted by Gasteiger charge is -2.33. The lowest BCUT2D eigenvalue weighted by atomic mass is 10.0. The number of carbonyl (C=O) groups is 2. The van der Waals surface area contributed by atoms with Crippen molar-refractivity contribution in [3.8, 4) is 5.75 Å². The molecule has 1 aromatic heterocycles. The van der Waals surface area contributed by atoms with Crippen molar-refractivity contribution in [2.45, 2.75) is 18.9 Å². The summed E-state index contributed by atoms with van der Waals surface area (Å²) < 4.78 is 5.99. The molecule has 2 aromatic carbocycles. The molecule has 4 rings (SSSR count). The van der Waals surface area contributed by atoms with E-state index in [0.29, 0.717) is 24.4 Å². The number of fused-ring (bicyclic) bond motifs is 1. The Balaban J connectivity index is 1.47. The molecule has 0 spiro atoms. The normalized spacial score (nSPS) is 16.7. The summed E-state index contributed by atoms with van der Waals surface area (Å²) in [6.45, 7) is 1.20. The van der Waals surface area contributed by atoms with Crippen molar-refractivity contribution in [2.24, 2.45) is 5.73 Å². The number of nitrogens with two attached hydrogens (primary N) is 1. The molecule has 1 aliphatic heterocycles. The van der Waals surface area contributed by atoms with E-state index in [1.54, 1.807) is 6.07 Å². The number of likely N-dealkylation sites (tertiary alicyclic amines) is 1. The van der Waals surface area contributed by atoms with Crippen LogP contribution in [0.4, 0.5) is 0 Å². The van der Waals surface area contributed by atoms with Gasteiger partial charge in [0.25, 0.3) is 11.8 Å². The van der Waals surface area contributed by atoms with Crippen molar-refractivity contribution in [1.82, 2.24) is 9.88 Å². The minimum absolute atomic E-state index is 0.00612. The highest BCUT2D eigenvalue weighted by Crippen LogP contribution is 2.22. The number of carbonyl (C=O) groups excluding carboxylic acids is 2. The van der Waals surface area contributed by atoms with Crippen LogP contribution >= 0.6 is 0 Å². The summed E-state index contributed by atoms with van der Waals surface area (Å²) in [6.07, 6.45) is 3.06. The van der Waals surface area contributed by atoms with E-state index in [2.05, 4.69) is 4.98 Å². The summed E-state index contributed by atoms with van der Waals surface area (Å²) in [7, 11) is 0. The van der Waals surface area contributed by atoms with Gasteiger partial charge in [-0.25, -0.2) is 0 Å². The molecule has 1 aliphatic rings. The second-order valence-electron chi connectivity index (χ2n) is 6.94. The van der Waals surface area contributed by atoms with Crippen LogP contribution in [0.5, 0.6) is 5.75 Å². The second-order valence-corrected chi connectivity index (χ2v) is 6.94. The van der Waals surface area contributed by atoms with Gasteiger partial charge in [0.15, 0.2) is 0 Å². The highest BCUT2D eigenvalue weighted by Gasteiger charge is 2.26. The molecule has 6 nitrogen and oxygen atoms in total. The van der Waals surface area contributed by atoms with Gasteiger partial charge in [0.05, 0.1) is 6.54 Å². The fraction of sp³-hybridized carbons (Fsp3) is 0.227. The summed E-state index contributed by atoms with van der Waals surface area (Å²) in [5.41, 5.74) is 6.12. The molecule has 3 aromatic rings. The third kappa shape index (κ3) is 3.81. The average molecular weight is 375 g/mol. The maximum Gasteiger partial charge on any atom is 0.267 e. The molecule has 28 heavy (non-hydrogen) atoms. The number of piperidine rings is 1. The molecule has 2 heterocycles. The first kappa shape index (κ1) is 18.0. The van der Waals surface area contributed by atoms with Gasteiger partial charge in [0.1, 0.15) is 17.5 Å². The predicted octanol–water partition coefficient (Wildman–Crippen LogP) is 3.02. The second kappa shape index (κ2) is 7.68. The first-order valence-corrected chi connectivity index (χ1v) is 9.31. The van der Waals surface area contributed by atoms with Crippen LogP contribution < -0.4 is 10.5 Å². The highest BCUT2D eigenvalue weighted by molar-refractivity contribution is 5.98. The summed E-state index contributed by atoms with van der Waals surface area (Å²) in [5, 5.41) is 2.16. The quantitative estimate of drug-likeness (QED) is 0.759. The van der Waals surface area contributed by atoms with Crippen LogP contribution in [0.3, 0.4) is 0 Å². The summed E-state index contributed by atoms with van der Waals surface area (Å²) in [4.78, 5) is 30.0. The highest BCUT2D eigenvalue weighted by atomic mass is 16.5. The first-order valence-electron chi connectivity index (χ1n) is 9.31. The number of pyridine rings is 1. The van der Waals surface area contributed by atoms with Crippen LogP contribution in [-0.4, -0.2) is 40.9 Å². The van der Waals surface area contributed by atoms with Gasteiger partial charge in [0, 0.05) is 24.4 Å². The van der Waals surface area contributed by atoms with Gasteiger partial charge in [-0.3, -0.25) is 14.6 Å². The van der Waals surface area contributed by atoms with Crippen molar-refractivity contribution in [3.05, 3.63) is 72.1 Å². The minimum atomic E-state index is -0.595. The van der Waals surface area contributed by atoms with Crippen molar-refractivity contribution in [3.63, 3.8) is 0 Å². The number of hydrogen-bond acceptors (Lipinski definition) is 4. The number of amides is 2. The third-order valence-electron chi connectivity index (χ3n) is 4.95. The van der Waals surface area contributed by atoms with E-state index >= 15 is 0 Å². The Morgan fingerprint density at radius 2 is 1.89 bits per heavy atom. The standard InChI is InChI=1S/C22H21N3O3/c23-21(26)20-13-18(9-10-24-20)28-19-6-3-11-25(14-19)22(27)17-8-7-15-4-1-2-5-16(15)12-17/h1-2,4-5,7-10,12-13,19H,3,6,11,14H2,(H2,23,26). The van der Waals surface area contributed by atoms with Gasteiger partial charge in [-0.15, -0.1) is 0 Å². The maximum absolute atomic E-state index is 13.0. The molecule has 2 N–H and O–H groups in total. The lowest BCUT2D eigenvalue weighted by Crippen LogP contribution is -2.44. The van der Waals surface area contributed by atoms with Crippen LogP contribution in [-0.2, 0) is 0 Å². The number of benzene rings is 2. The Kier molecular flexibility index (Phi) is 4.93. The van der Waals surface area contributed by atoms with Crippen LogP contribution in [0, 0.1) is 0 Å². The Morgan fingerprint density at radius 3 is 2.71 bits per heavy atom. The molecular weight excluding hydrogens is 354 g/mol. The number of aromatic nitrogens is 1. The smallest absolute Gasteiger partial charge is 0.267 e. The lowest BCUT2D eigenvalue weighted by molar-refractivity contribution is 0.0538. The summed E-state index contributed by atoms with van der Waals surface area (Å²) in [6, 6.07) is 17.0. The summed E-state index contributed by atoms with van der Waals surface area (Å²) in [5.74, 6) is -0.0531. The Bertz CT molecular complexity index is 1030. The van der Waals surface area contributed by atoms with Gasteiger partial charge in [0.2, 0.25) is 0 Å². The van der Waals surface area contributed by atoms with E-state index in [-0.39, 0.29) is 17.7 Å². The molecule has 1 atom stereocenters. The molecule has 2 amide bonds. The van der Waals surface area contributed by atoms with Crippen molar-refractivity contribution < 1.29 is 14.3 Å². The SMILES string of the molecule is NC(=O)c1cc(OC2CCCN(C(=O)c3ccc4ccccc4c3)C2)ccn1. The van der Waals surface area contributed by atoms with Gasteiger partial charge < -0.3 is 15.4 Å². The zero-order valence-electron chi connectivity index (χ0n) is 15.4. The molecule has 1 saturated heterocycles. The Morgan fingerprint density at radius 1 is 1.07 bits per heavy atom. The molecule has 0 radical (unpaired) electrons. The van der Waals surface area contributed by atoms with E-state index in [1.807, 2.05) is 47.4 Å². The third-order valence-corrected chi connectivity index (χ3v) is 4.95. The number of hydrogen-bond donors (Lipinski definition) is 1. The minimum Gasteiger partial charge on any atom is -0.488 e. The Hall–Kier alpha value is -3.41. The summed E-state index contributed by atoms with van der Waals surface area (Å²) >= 11 is 0. The van der Waals surface area contributed by atoms with Crippen LogP contribution in [0.15, 0.2) is 60.8 Å². The number of ether oxygens (including phenoxy) is 1. The average Bonchev–Trinajstić information content (AvgIpc) is 2.73. The largest absolute Gasteiger partial charge is 0.488 e. The molecule has 142 valence electrons. The molecule has 1 fully saturated rings. The van der Waals surface area contributed by atoms with E-state index in [1.165, 1.54) is 12.3 Å². The van der Waals surface area contributed by atoms with E-state index < -0.39 is 5.91 Å². The number of primary amides is 1. The van der Waals surface area contributed by atoms with Crippen molar-refractivity contribution in [1.29, 1.82) is 0 Å². The molecule has 6 heteroatoms. The molecular formula is C22H21N3O3. The molecule has 0 saturated carbocycles. The fourth-order valence-electron chi connectivity index (χ4n) is 3.54. The van der Waals surface area contributed by atoms with Crippen molar-refractivity contribution in [2.75, 3.05) is 13.1 Å². The number of nitrogens with zero attached hydrogens (tertiary/aromatic N) is 2. The van der Waals surface area contributed by atoms with Crippen LogP contribution in [0.1, 0.15) is 33.7 Å². The predicted molar refractivity (Wildman–Crippen MR) is 106 cm³/mol. The van der Waals surface area contributed by atoms with E-state index in [9.17, 15) is 9.59 Å². The van der Waals surface area contributed by atoms with Gasteiger partial charge in [-0.1, -0.05) is 30.3 Å². The van der Waals surface area contributed by atoms with Crippen LogP contribution in [0.25, 0.3) is 10.8 Å². The number of rotatable bonds is 4. The molecule has 1 unspecified atom stereocenters. The van der Waals surface area contributed by atoms with Gasteiger partial charge >= 0.3 is 0 Å². The van der Waals surface area contributed by atoms with E-state index in [0.717, 1.165) is 23.6 Å². The zero-order valence-corrected chi connectivity index (χ0v) is 15.4. The fourth-order valence-corrected chi connectivity index (χ4v) is 3.54. The van der Waals surface area contributed by atoms with E-state index in [4.69, 9.17) is 10.5 Å². The Labute approximate surface area is 162 Å². The monoisotopic (exact) mass is 375 g/mol. The first-order chi connectivity index (χ1) is 13.6. The molecule has 0 aliphatic carbocycles. The topological polar surface area (TPSA) is 85.5 Å². The van der Waals surface area contributed by atoms with Gasteiger partial charge in [-0.2, -0.15) is 0 Å². The maximum atomic E-state index is 13.0. The van der Waals surface area contributed by atoms with Gasteiger partial charge in [-0.05, 0) is 41.8 Å². The molecule has 0 bridgehead atoms.